The van der Waals surface area contributed by atoms with Crippen molar-refractivity contribution in [2.24, 2.45) is 0 Å². The average Bonchev–Trinajstić information content (AvgIpc) is 3.31. The lowest BCUT2D eigenvalue weighted by atomic mass is 9.98. The standard InChI is InChI=1S/C31H35NO4/c1-4-14-32-20-27-18-26-16-23(17-28(31(26)36-27)24-12-9-10-22(5-2)15-24)21-35-29-13-8-7-11-25(29)19-30(33)34-6-3/h7-13,15-18,32H,4-6,14,19-21H2,1-3H3. The first-order valence-corrected chi connectivity index (χ1v) is 12.8. The summed E-state index contributed by atoms with van der Waals surface area (Å²) < 4.78 is 17.7. The summed E-state index contributed by atoms with van der Waals surface area (Å²) in [6, 6.07) is 22.6. The zero-order valence-corrected chi connectivity index (χ0v) is 21.4. The van der Waals surface area contributed by atoms with Gasteiger partial charge in [0.1, 0.15) is 23.7 Å². The summed E-state index contributed by atoms with van der Waals surface area (Å²) in [7, 11) is 0. The molecule has 188 valence electrons. The normalized spacial score (nSPS) is 11.1. The molecule has 0 aliphatic rings. The molecule has 0 atom stereocenters. The molecular formula is C31H35NO4. The highest BCUT2D eigenvalue weighted by molar-refractivity contribution is 5.93. The van der Waals surface area contributed by atoms with Crippen LogP contribution in [0.3, 0.4) is 0 Å². The van der Waals surface area contributed by atoms with Crippen LogP contribution in [-0.4, -0.2) is 19.1 Å². The summed E-state index contributed by atoms with van der Waals surface area (Å²) in [5, 5.41) is 4.48. The van der Waals surface area contributed by atoms with Gasteiger partial charge in [0.2, 0.25) is 0 Å². The lowest BCUT2D eigenvalue weighted by Crippen LogP contribution is -2.12. The van der Waals surface area contributed by atoms with Crippen molar-refractivity contribution >= 4 is 16.9 Å². The van der Waals surface area contributed by atoms with Gasteiger partial charge in [-0.1, -0.05) is 56.3 Å². The first kappa shape index (κ1) is 25.5. The van der Waals surface area contributed by atoms with E-state index < -0.39 is 0 Å². The van der Waals surface area contributed by atoms with E-state index in [0.717, 1.165) is 58.4 Å². The lowest BCUT2D eigenvalue weighted by molar-refractivity contribution is -0.142. The van der Waals surface area contributed by atoms with E-state index in [1.807, 2.05) is 31.2 Å². The van der Waals surface area contributed by atoms with E-state index in [4.69, 9.17) is 13.9 Å². The van der Waals surface area contributed by atoms with Gasteiger partial charge in [0.25, 0.3) is 0 Å². The van der Waals surface area contributed by atoms with Crippen LogP contribution in [0, 0.1) is 0 Å². The van der Waals surface area contributed by atoms with Crippen molar-refractivity contribution in [3.05, 3.63) is 89.2 Å². The first-order chi connectivity index (χ1) is 17.6. The van der Waals surface area contributed by atoms with Crippen LogP contribution in [0.1, 0.15) is 49.6 Å². The fourth-order valence-electron chi connectivity index (χ4n) is 4.32. The van der Waals surface area contributed by atoms with Gasteiger partial charge >= 0.3 is 5.97 Å². The number of esters is 1. The fourth-order valence-corrected chi connectivity index (χ4v) is 4.32. The average molecular weight is 486 g/mol. The van der Waals surface area contributed by atoms with Gasteiger partial charge in [-0.15, -0.1) is 0 Å². The molecule has 0 saturated carbocycles. The zero-order chi connectivity index (χ0) is 25.3. The summed E-state index contributed by atoms with van der Waals surface area (Å²) in [6.45, 7) is 8.52. The van der Waals surface area contributed by atoms with Crippen LogP contribution < -0.4 is 10.1 Å². The molecular weight excluding hydrogens is 450 g/mol. The van der Waals surface area contributed by atoms with Crippen LogP contribution in [-0.2, 0) is 35.5 Å². The minimum absolute atomic E-state index is 0.188. The molecule has 4 rings (SSSR count). The Bertz CT molecular complexity index is 1310. The molecule has 0 bridgehead atoms. The molecule has 3 aromatic carbocycles. The molecule has 36 heavy (non-hydrogen) atoms. The summed E-state index contributed by atoms with van der Waals surface area (Å²) in [4.78, 5) is 12.0. The van der Waals surface area contributed by atoms with Crippen molar-refractivity contribution in [3.63, 3.8) is 0 Å². The largest absolute Gasteiger partial charge is 0.489 e. The minimum atomic E-state index is -0.254. The highest BCUT2D eigenvalue weighted by Crippen LogP contribution is 2.34. The molecule has 0 aliphatic heterocycles. The number of rotatable bonds is 12. The smallest absolute Gasteiger partial charge is 0.310 e. The van der Waals surface area contributed by atoms with E-state index in [0.29, 0.717) is 25.5 Å². The molecule has 1 aromatic heterocycles. The molecule has 0 fully saturated rings. The highest BCUT2D eigenvalue weighted by atomic mass is 16.5. The van der Waals surface area contributed by atoms with Crippen LogP contribution in [0.4, 0.5) is 0 Å². The van der Waals surface area contributed by atoms with Gasteiger partial charge < -0.3 is 19.2 Å². The number of carbonyl (C=O) groups excluding carboxylic acids is 1. The summed E-state index contributed by atoms with van der Waals surface area (Å²) in [5.41, 5.74) is 6.23. The van der Waals surface area contributed by atoms with Crippen molar-refractivity contribution in [2.45, 2.75) is 53.2 Å². The van der Waals surface area contributed by atoms with Crippen molar-refractivity contribution in [2.75, 3.05) is 13.2 Å². The third kappa shape index (κ3) is 6.35. The molecule has 4 aromatic rings. The van der Waals surface area contributed by atoms with Crippen LogP contribution in [0.5, 0.6) is 5.75 Å². The zero-order valence-electron chi connectivity index (χ0n) is 21.4. The Morgan fingerprint density at radius 2 is 1.81 bits per heavy atom. The Hall–Kier alpha value is -3.57. The maximum Gasteiger partial charge on any atom is 0.310 e. The lowest BCUT2D eigenvalue weighted by Gasteiger charge is -2.13. The second-order valence-corrected chi connectivity index (χ2v) is 8.88. The fraction of sp³-hybridized carbons (Fsp3) is 0.323. The molecule has 0 radical (unpaired) electrons. The summed E-state index contributed by atoms with van der Waals surface area (Å²) >= 11 is 0. The molecule has 5 heteroatoms. The SMILES string of the molecule is CCCNCc1cc2cc(COc3ccccc3CC(=O)OCC)cc(-c3cccc(CC)c3)c2o1. The highest BCUT2D eigenvalue weighted by Gasteiger charge is 2.15. The summed E-state index contributed by atoms with van der Waals surface area (Å²) in [6.07, 6.45) is 2.24. The third-order valence-electron chi connectivity index (χ3n) is 6.11. The van der Waals surface area contributed by atoms with E-state index in [-0.39, 0.29) is 12.4 Å². The maximum atomic E-state index is 12.0. The van der Waals surface area contributed by atoms with Gasteiger partial charge in [0.05, 0.1) is 19.6 Å². The monoisotopic (exact) mass is 485 g/mol. The van der Waals surface area contributed by atoms with Gasteiger partial charge in [-0.3, -0.25) is 4.79 Å². The molecule has 5 nitrogen and oxygen atoms in total. The van der Waals surface area contributed by atoms with E-state index >= 15 is 0 Å². The number of fused-ring (bicyclic) bond motifs is 1. The van der Waals surface area contributed by atoms with Crippen LogP contribution >= 0.6 is 0 Å². The Balaban J connectivity index is 1.65. The van der Waals surface area contributed by atoms with Crippen molar-refractivity contribution in [1.29, 1.82) is 0 Å². The van der Waals surface area contributed by atoms with Gasteiger partial charge in [0.15, 0.2) is 0 Å². The number of hydrogen-bond acceptors (Lipinski definition) is 5. The number of para-hydroxylation sites is 1. The Labute approximate surface area is 213 Å². The number of furan rings is 1. The number of benzene rings is 3. The van der Waals surface area contributed by atoms with Gasteiger partial charge in [-0.2, -0.15) is 0 Å². The second-order valence-electron chi connectivity index (χ2n) is 8.88. The molecule has 0 amide bonds. The molecule has 0 saturated heterocycles. The van der Waals surface area contributed by atoms with Crippen molar-refractivity contribution < 1.29 is 18.7 Å². The van der Waals surface area contributed by atoms with Crippen LogP contribution in [0.25, 0.3) is 22.1 Å². The van der Waals surface area contributed by atoms with Crippen LogP contribution in [0.2, 0.25) is 0 Å². The molecule has 0 aliphatic carbocycles. The van der Waals surface area contributed by atoms with Gasteiger partial charge in [-0.25, -0.2) is 0 Å². The maximum absolute atomic E-state index is 12.0. The number of carbonyl (C=O) groups is 1. The summed E-state index contributed by atoms with van der Waals surface area (Å²) in [5.74, 6) is 1.36. The van der Waals surface area contributed by atoms with E-state index in [2.05, 4.69) is 61.6 Å². The van der Waals surface area contributed by atoms with Gasteiger partial charge in [0, 0.05) is 16.5 Å². The van der Waals surface area contributed by atoms with E-state index in [1.54, 1.807) is 0 Å². The Morgan fingerprint density at radius 3 is 2.61 bits per heavy atom. The Morgan fingerprint density at radius 1 is 0.944 bits per heavy atom. The predicted molar refractivity (Wildman–Crippen MR) is 144 cm³/mol. The topological polar surface area (TPSA) is 60.7 Å². The van der Waals surface area contributed by atoms with E-state index in [1.165, 1.54) is 5.56 Å². The number of aryl methyl sites for hydroxylation is 1. The predicted octanol–water partition coefficient (Wildman–Crippen LogP) is 6.85. The van der Waals surface area contributed by atoms with Gasteiger partial charge in [-0.05, 0) is 67.3 Å². The molecule has 0 unspecified atom stereocenters. The second kappa shape index (κ2) is 12.4. The quantitative estimate of drug-likeness (QED) is 0.176. The Kier molecular flexibility index (Phi) is 8.80. The number of nitrogens with one attached hydrogen (secondary N) is 1. The number of hydrogen-bond donors (Lipinski definition) is 1. The first-order valence-electron chi connectivity index (χ1n) is 12.8. The molecule has 1 N–H and O–H groups in total. The van der Waals surface area contributed by atoms with Crippen molar-refractivity contribution in [3.8, 4) is 16.9 Å². The number of ether oxygens (including phenoxy) is 2. The third-order valence-corrected chi connectivity index (χ3v) is 6.11. The van der Waals surface area contributed by atoms with E-state index in [9.17, 15) is 4.79 Å². The molecule has 1 heterocycles. The minimum Gasteiger partial charge on any atom is -0.489 e. The van der Waals surface area contributed by atoms with Crippen molar-refractivity contribution in [1.82, 2.24) is 5.32 Å². The molecule has 0 spiro atoms. The van der Waals surface area contributed by atoms with Crippen LogP contribution in [0.15, 0.2) is 71.1 Å².